The molecule has 0 aliphatic rings. The molecule has 0 spiro atoms. The maximum absolute atomic E-state index is 9.65. The van der Waals surface area contributed by atoms with E-state index in [0.717, 1.165) is 0 Å². The van der Waals surface area contributed by atoms with Crippen molar-refractivity contribution in [2.45, 2.75) is 10.2 Å². The van der Waals surface area contributed by atoms with E-state index >= 15 is 0 Å². The van der Waals surface area contributed by atoms with Crippen molar-refractivity contribution in [2.24, 2.45) is 0 Å². The third-order valence-corrected chi connectivity index (χ3v) is 0.746. The molecule has 0 aliphatic carbocycles. The van der Waals surface area contributed by atoms with Crippen LogP contribution in [0.1, 0.15) is 6.42 Å². The summed E-state index contributed by atoms with van der Waals surface area (Å²) in [6.45, 7) is 0. The normalized spacial score (nSPS) is 10.1. The zero-order valence-corrected chi connectivity index (χ0v) is 10.0. The van der Waals surface area contributed by atoms with E-state index < -0.39 is 16.2 Å². The first kappa shape index (κ1) is 13.6. The summed E-state index contributed by atoms with van der Waals surface area (Å²) in [5, 5.41) is 9.65. The Kier molecular flexibility index (Phi) is 8.44. The fraction of sp³-hybridized carbons (Fsp3) is 0.667. The van der Waals surface area contributed by atoms with E-state index in [4.69, 9.17) is 34.8 Å². The maximum atomic E-state index is 9.65. The molecule has 0 atom stereocenters. The molecule has 0 aromatic rings. The van der Waals surface area contributed by atoms with Crippen molar-refractivity contribution < 1.29 is 61.3 Å². The molecule has 0 amide bonds. The maximum Gasteiger partial charge on any atom is 1.00 e. The number of carbonyl (C=O) groups is 1. The van der Waals surface area contributed by atoms with Gasteiger partial charge in [0.05, 0.1) is 0 Å². The first-order valence-electron chi connectivity index (χ1n) is 1.68. The number of hydrogen-bond acceptors (Lipinski definition) is 2. The fourth-order valence-corrected chi connectivity index (χ4v) is 0.491. The van der Waals surface area contributed by atoms with E-state index in [0.29, 0.717) is 0 Å². The third-order valence-electron chi connectivity index (χ3n) is 0.345. The summed E-state index contributed by atoms with van der Waals surface area (Å²) in [5.41, 5.74) is 0. The number of rotatable bonds is 1. The van der Waals surface area contributed by atoms with Gasteiger partial charge >= 0.3 is 51.4 Å². The molecular formula is C3H2Cl3KO2. The second kappa shape index (κ2) is 5.60. The predicted octanol–water partition coefficient (Wildman–Crippen LogP) is -2.50. The van der Waals surface area contributed by atoms with E-state index in [1.54, 1.807) is 0 Å². The first-order valence-corrected chi connectivity index (χ1v) is 2.82. The second-order valence-corrected chi connectivity index (χ2v) is 3.68. The van der Waals surface area contributed by atoms with Gasteiger partial charge in [-0.1, -0.05) is 34.8 Å². The Morgan fingerprint density at radius 3 is 1.78 bits per heavy atom. The molecule has 0 aromatic carbocycles. The molecule has 48 valence electrons. The van der Waals surface area contributed by atoms with Gasteiger partial charge in [-0.3, -0.25) is 0 Å². The number of halogens is 3. The van der Waals surface area contributed by atoms with Crippen molar-refractivity contribution >= 4 is 40.8 Å². The summed E-state index contributed by atoms with van der Waals surface area (Å²) in [4.78, 5) is 9.65. The summed E-state index contributed by atoms with van der Waals surface area (Å²) >= 11 is 15.1. The minimum atomic E-state index is -1.72. The van der Waals surface area contributed by atoms with Crippen molar-refractivity contribution in [1.29, 1.82) is 0 Å². The number of carboxylic acids is 1. The van der Waals surface area contributed by atoms with Gasteiger partial charge in [0.15, 0.2) is 3.79 Å². The fourth-order valence-electron chi connectivity index (χ4n) is 0.164. The van der Waals surface area contributed by atoms with Crippen LogP contribution < -0.4 is 56.5 Å². The van der Waals surface area contributed by atoms with Crippen LogP contribution in [0.2, 0.25) is 0 Å². The third kappa shape index (κ3) is 13.0. The van der Waals surface area contributed by atoms with Gasteiger partial charge in [0, 0.05) is 12.4 Å². The Balaban J connectivity index is 0. The Morgan fingerprint density at radius 1 is 1.44 bits per heavy atom. The molecule has 0 heterocycles. The quantitative estimate of drug-likeness (QED) is 0.358. The van der Waals surface area contributed by atoms with Gasteiger partial charge in [-0.05, 0) is 0 Å². The van der Waals surface area contributed by atoms with E-state index in [9.17, 15) is 9.90 Å². The van der Waals surface area contributed by atoms with E-state index in [-0.39, 0.29) is 51.4 Å². The van der Waals surface area contributed by atoms with Gasteiger partial charge in [0.2, 0.25) is 0 Å². The van der Waals surface area contributed by atoms with Crippen LogP contribution in [-0.2, 0) is 4.79 Å². The van der Waals surface area contributed by atoms with Crippen molar-refractivity contribution in [3.05, 3.63) is 0 Å². The SMILES string of the molecule is O=C([O-])CC(Cl)(Cl)Cl.[K+]. The molecule has 0 bridgehead atoms. The zero-order valence-electron chi connectivity index (χ0n) is 4.66. The van der Waals surface area contributed by atoms with Crippen LogP contribution in [0.3, 0.4) is 0 Å². The first-order chi connectivity index (χ1) is 3.42. The molecule has 0 radical (unpaired) electrons. The van der Waals surface area contributed by atoms with Gasteiger partial charge in [0.1, 0.15) is 0 Å². The zero-order chi connectivity index (χ0) is 6.78. The smallest absolute Gasteiger partial charge is 0.550 e. The molecule has 0 saturated heterocycles. The molecule has 9 heavy (non-hydrogen) atoms. The Hall–Kier alpha value is 1.98. The standard InChI is InChI=1S/C3H3Cl3O2.K/c4-3(5,6)1-2(7)8;/h1H2,(H,7,8);/q;+1/p-1. The van der Waals surface area contributed by atoms with Crippen molar-refractivity contribution in [2.75, 3.05) is 0 Å². The van der Waals surface area contributed by atoms with Crippen LogP contribution in [0.15, 0.2) is 0 Å². The number of alkyl halides is 3. The van der Waals surface area contributed by atoms with E-state index in [2.05, 4.69) is 0 Å². The van der Waals surface area contributed by atoms with Crippen LogP contribution in [0.4, 0.5) is 0 Å². The van der Waals surface area contributed by atoms with E-state index in [1.165, 1.54) is 0 Å². The number of hydrogen-bond donors (Lipinski definition) is 0. The number of carboxylic acid groups (broad SMARTS) is 1. The molecule has 0 rings (SSSR count). The minimum Gasteiger partial charge on any atom is -0.550 e. The molecule has 0 aromatic heterocycles. The molecule has 0 unspecified atom stereocenters. The molecule has 0 saturated carbocycles. The van der Waals surface area contributed by atoms with Crippen LogP contribution >= 0.6 is 34.8 Å². The van der Waals surface area contributed by atoms with Gasteiger partial charge in [-0.25, -0.2) is 0 Å². The molecular weight excluding hydrogens is 213 g/mol. The van der Waals surface area contributed by atoms with Gasteiger partial charge < -0.3 is 9.90 Å². The summed E-state index contributed by atoms with van der Waals surface area (Å²) in [6, 6.07) is 0. The monoisotopic (exact) mass is 214 g/mol. The van der Waals surface area contributed by atoms with Gasteiger partial charge in [0.25, 0.3) is 0 Å². The largest absolute Gasteiger partial charge is 1.00 e. The van der Waals surface area contributed by atoms with Crippen LogP contribution in [-0.4, -0.2) is 9.76 Å². The average Bonchev–Trinajstić information content (AvgIpc) is 1.21. The minimum absolute atomic E-state index is 0. The van der Waals surface area contributed by atoms with Crippen LogP contribution in [0, 0.1) is 0 Å². The van der Waals surface area contributed by atoms with Crippen LogP contribution in [0.25, 0.3) is 0 Å². The number of carbonyl (C=O) groups excluding carboxylic acids is 1. The Bertz CT molecular complexity index is 99.7. The molecule has 0 aliphatic heterocycles. The second-order valence-electron chi connectivity index (χ2n) is 1.16. The molecule has 6 heteroatoms. The van der Waals surface area contributed by atoms with Crippen molar-refractivity contribution in [3.63, 3.8) is 0 Å². The van der Waals surface area contributed by atoms with Crippen LogP contribution in [0.5, 0.6) is 0 Å². The van der Waals surface area contributed by atoms with Gasteiger partial charge in [-0.2, -0.15) is 0 Å². The summed E-state index contributed by atoms with van der Waals surface area (Å²) in [5.74, 6) is -1.37. The predicted molar refractivity (Wildman–Crippen MR) is 29.9 cm³/mol. The summed E-state index contributed by atoms with van der Waals surface area (Å²) in [7, 11) is 0. The molecule has 2 nitrogen and oxygen atoms in total. The summed E-state index contributed by atoms with van der Waals surface area (Å²) in [6.07, 6.45) is -0.572. The Morgan fingerprint density at radius 2 is 1.78 bits per heavy atom. The van der Waals surface area contributed by atoms with Crippen molar-refractivity contribution in [1.82, 2.24) is 0 Å². The average molecular weight is 216 g/mol. The topological polar surface area (TPSA) is 40.1 Å². The molecule has 0 fully saturated rings. The summed E-state index contributed by atoms with van der Waals surface area (Å²) < 4.78 is -1.72. The molecule has 0 N–H and O–H groups in total. The number of aliphatic carboxylic acids is 1. The Labute approximate surface area is 110 Å². The van der Waals surface area contributed by atoms with E-state index in [1.807, 2.05) is 0 Å². The van der Waals surface area contributed by atoms with Gasteiger partial charge in [-0.15, -0.1) is 0 Å². The van der Waals surface area contributed by atoms with Crippen molar-refractivity contribution in [3.8, 4) is 0 Å².